The second-order valence-corrected chi connectivity index (χ2v) is 5.43. The fraction of sp³-hybridized carbons (Fsp3) is 0.294. The van der Waals surface area contributed by atoms with E-state index in [4.69, 9.17) is 5.26 Å². The lowest BCUT2D eigenvalue weighted by molar-refractivity contribution is -0.135. The Morgan fingerprint density at radius 2 is 2.18 bits per heavy atom. The van der Waals surface area contributed by atoms with Crippen molar-refractivity contribution in [2.45, 2.75) is 19.1 Å². The lowest BCUT2D eigenvalue weighted by Gasteiger charge is -2.34. The predicted octanol–water partition coefficient (Wildman–Crippen LogP) is 1.77. The third-order valence-corrected chi connectivity index (χ3v) is 3.86. The molecule has 2 heterocycles. The van der Waals surface area contributed by atoms with Crippen LogP contribution in [0.4, 0.5) is 0 Å². The lowest BCUT2D eigenvalue weighted by Crippen LogP contribution is -2.52. The number of aromatic nitrogens is 1. The second-order valence-electron chi connectivity index (χ2n) is 5.43. The summed E-state index contributed by atoms with van der Waals surface area (Å²) in [4.78, 5) is 13.5. The average molecular weight is 295 g/mol. The van der Waals surface area contributed by atoms with E-state index in [1.165, 1.54) is 0 Å². The summed E-state index contributed by atoms with van der Waals surface area (Å²) in [6.07, 6.45) is 5.38. The van der Waals surface area contributed by atoms with Gasteiger partial charge in [-0.15, -0.1) is 0 Å². The van der Waals surface area contributed by atoms with Crippen LogP contribution in [0.1, 0.15) is 12.0 Å². The van der Waals surface area contributed by atoms with Crippen molar-refractivity contribution in [1.29, 1.82) is 5.26 Å². The number of carbonyl (C=O) groups is 1. The molecule has 1 N–H and O–H groups in total. The summed E-state index contributed by atoms with van der Waals surface area (Å²) in [5.41, 5.74) is 2.02. The number of benzene rings is 1. The first-order chi connectivity index (χ1) is 10.7. The smallest absolute Gasteiger partial charge is 0.246 e. The van der Waals surface area contributed by atoms with Crippen LogP contribution >= 0.6 is 0 Å². The van der Waals surface area contributed by atoms with E-state index in [-0.39, 0.29) is 12.0 Å². The van der Waals surface area contributed by atoms with E-state index in [0.29, 0.717) is 26.1 Å². The van der Waals surface area contributed by atoms with Crippen LogP contribution in [0.2, 0.25) is 0 Å². The number of likely N-dealkylation sites (tertiary alicyclic amines) is 1. The quantitative estimate of drug-likeness (QED) is 0.874. The molecular weight excluding hydrogens is 278 g/mol. The maximum absolute atomic E-state index is 11.9. The highest BCUT2D eigenvalue weighted by molar-refractivity contribution is 5.96. The summed E-state index contributed by atoms with van der Waals surface area (Å²) in [7, 11) is 0. The summed E-state index contributed by atoms with van der Waals surface area (Å²) >= 11 is 0. The zero-order valence-electron chi connectivity index (χ0n) is 12.1. The molecule has 1 aromatic carbocycles. The van der Waals surface area contributed by atoms with Gasteiger partial charge in [0.15, 0.2) is 0 Å². The summed E-state index contributed by atoms with van der Waals surface area (Å²) in [6.45, 7) is 1.46. The van der Waals surface area contributed by atoms with Gasteiger partial charge >= 0.3 is 0 Å². The number of aliphatic hydroxyl groups is 1. The van der Waals surface area contributed by atoms with Gasteiger partial charge in [-0.25, -0.2) is 0 Å². The molecule has 5 heteroatoms. The summed E-state index contributed by atoms with van der Waals surface area (Å²) < 4.78 is 2.04. The molecule has 2 aromatic rings. The Labute approximate surface area is 128 Å². The molecule has 1 aliphatic rings. The number of hydrogen-bond acceptors (Lipinski definition) is 3. The van der Waals surface area contributed by atoms with Crippen LogP contribution in [-0.4, -0.2) is 39.7 Å². The number of para-hydroxylation sites is 1. The Morgan fingerprint density at radius 3 is 2.91 bits per heavy atom. The highest BCUT2D eigenvalue weighted by atomic mass is 16.3. The molecular formula is C17H17N3O2. The number of fused-ring (bicyclic) bond motifs is 1. The lowest BCUT2D eigenvalue weighted by atomic mass is 10.1. The Morgan fingerprint density at radius 1 is 1.41 bits per heavy atom. The van der Waals surface area contributed by atoms with Crippen LogP contribution < -0.4 is 0 Å². The number of nitrogens with zero attached hydrogens (tertiary/aromatic N) is 3. The van der Waals surface area contributed by atoms with Gasteiger partial charge in [0.05, 0.1) is 18.6 Å². The first-order valence-corrected chi connectivity index (χ1v) is 7.29. The van der Waals surface area contributed by atoms with Gasteiger partial charge in [0, 0.05) is 48.4 Å². The van der Waals surface area contributed by atoms with Crippen LogP contribution in [0.25, 0.3) is 17.0 Å². The van der Waals surface area contributed by atoms with E-state index < -0.39 is 0 Å². The van der Waals surface area contributed by atoms with Gasteiger partial charge in [-0.3, -0.25) is 4.79 Å². The number of aliphatic hydroxyl groups excluding tert-OH is 1. The molecule has 1 aromatic heterocycles. The summed E-state index contributed by atoms with van der Waals surface area (Å²) in [5.74, 6) is -0.0841. The van der Waals surface area contributed by atoms with Crippen LogP contribution in [0.5, 0.6) is 0 Å². The maximum Gasteiger partial charge on any atom is 0.246 e. The van der Waals surface area contributed by atoms with Gasteiger partial charge < -0.3 is 14.6 Å². The van der Waals surface area contributed by atoms with Crippen LogP contribution in [0.15, 0.2) is 36.5 Å². The fourth-order valence-corrected chi connectivity index (χ4v) is 2.67. The normalized spacial score (nSPS) is 15.2. The molecule has 3 rings (SSSR count). The van der Waals surface area contributed by atoms with Gasteiger partial charge in [0.2, 0.25) is 5.91 Å². The first-order valence-electron chi connectivity index (χ1n) is 7.29. The molecule has 0 spiro atoms. The number of rotatable bonds is 4. The van der Waals surface area contributed by atoms with Crippen molar-refractivity contribution >= 4 is 22.9 Å². The van der Waals surface area contributed by atoms with Gasteiger partial charge in [0.1, 0.15) is 0 Å². The van der Waals surface area contributed by atoms with E-state index >= 15 is 0 Å². The largest absolute Gasteiger partial charge is 0.389 e. The number of carbonyl (C=O) groups excluding carboxylic acids is 1. The third-order valence-electron chi connectivity index (χ3n) is 3.86. The topological polar surface area (TPSA) is 69.3 Å². The molecule has 0 radical (unpaired) electrons. The monoisotopic (exact) mass is 295 g/mol. The Hall–Kier alpha value is -2.58. The van der Waals surface area contributed by atoms with Gasteiger partial charge in [-0.1, -0.05) is 18.2 Å². The van der Waals surface area contributed by atoms with Crippen molar-refractivity contribution in [2.75, 3.05) is 13.1 Å². The maximum atomic E-state index is 11.9. The van der Waals surface area contributed by atoms with E-state index in [9.17, 15) is 9.90 Å². The number of β-amino-alcohol motifs (C(OH)–C–C–N with tert-alkyl or cyclic N) is 1. The summed E-state index contributed by atoms with van der Waals surface area (Å²) in [5, 5.41) is 19.0. The minimum Gasteiger partial charge on any atom is -0.389 e. The Balaban J connectivity index is 1.84. The molecule has 1 fully saturated rings. The molecule has 1 saturated heterocycles. The van der Waals surface area contributed by atoms with E-state index in [0.717, 1.165) is 16.5 Å². The molecule has 22 heavy (non-hydrogen) atoms. The average Bonchev–Trinajstić information content (AvgIpc) is 2.86. The molecule has 1 amide bonds. The minimum absolute atomic E-state index is 0.0841. The molecule has 0 aliphatic carbocycles. The molecule has 5 nitrogen and oxygen atoms in total. The molecule has 0 atom stereocenters. The van der Waals surface area contributed by atoms with Crippen molar-refractivity contribution in [1.82, 2.24) is 9.47 Å². The van der Waals surface area contributed by atoms with Gasteiger partial charge in [-0.2, -0.15) is 5.26 Å². The first kappa shape index (κ1) is 14.4. The zero-order chi connectivity index (χ0) is 15.5. The standard InChI is InChI=1S/C17H17N3O2/c18-8-3-9-19-10-13(15-4-1-2-5-16(15)19)6-7-17(22)20-11-14(21)12-20/h1-2,4-7,10,14,21H,3,9,11-12H2/b7-6+. The molecule has 0 unspecified atom stereocenters. The molecule has 0 bridgehead atoms. The second kappa shape index (κ2) is 6.04. The van der Waals surface area contributed by atoms with Crippen LogP contribution in [-0.2, 0) is 11.3 Å². The third kappa shape index (κ3) is 2.74. The minimum atomic E-state index is -0.384. The van der Waals surface area contributed by atoms with Crippen molar-refractivity contribution < 1.29 is 9.90 Å². The zero-order valence-corrected chi connectivity index (χ0v) is 12.1. The Bertz CT molecular complexity index is 764. The molecule has 1 aliphatic heterocycles. The number of aryl methyl sites for hydroxylation is 1. The number of amides is 1. The number of hydrogen-bond donors (Lipinski definition) is 1. The predicted molar refractivity (Wildman–Crippen MR) is 83.8 cm³/mol. The van der Waals surface area contributed by atoms with Crippen molar-refractivity contribution in [3.63, 3.8) is 0 Å². The summed E-state index contributed by atoms with van der Waals surface area (Å²) in [6, 6.07) is 10.1. The van der Waals surface area contributed by atoms with E-state index in [1.807, 2.05) is 35.0 Å². The van der Waals surface area contributed by atoms with Crippen LogP contribution in [0.3, 0.4) is 0 Å². The highest BCUT2D eigenvalue weighted by Crippen LogP contribution is 2.23. The van der Waals surface area contributed by atoms with Gasteiger partial charge in [0.25, 0.3) is 0 Å². The SMILES string of the molecule is N#CCCn1cc(/C=C/C(=O)N2CC(O)C2)c2ccccc21. The molecule has 0 saturated carbocycles. The van der Waals surface area contributed by atoms with Crippen molar-refractivity contribution in [3.05, 3.63) is 42.1 Å². The Kier molecular flexibility index (Phi) is 3.94. The number of nitriles is 1. The van der Waals surface area contributed by atoms with E-state index in [2.05, 4.69) is 6.07 Å². The molecule has 112 valence electrons. The van der Waals surface area contributed by atoms with E-state index in [1.54, 1.807) is 17.1 Å². The van der Waals surface area contributed by atoms with Crippen LogP contribution in [0, 0.1) is 11.3 Å². The fourth-order valence-electron chi connectivity index (χ4n) is 2.67. The highest BCUT2D eigenvalue weighted by Gasteiger charge is 2.27. The van der Waals surface area contributed by atoms with Crippen molar-refractivity contribution in [3.8, 4) is 6.07 Å². The van der Waals surface area contributed by atoms with Gasteiger partial charge in [-0.05, 0) is 12.1 Å². The van der Waals surface area contributed by atoms with Crippen molar-refractivity contribution in [2.24, 2.45) is 0 Å².